The Bertz CT molecular complexity index is 869. The maximum absolute atomic E-state index is 11.5. The number of methoxy groups -OCH3 is 3. The molecule has 0 radical (unpaired) electrons. The zero-order chi connectivity index (χ0) is 22.4. The molecule has 1 N–H and O–H groups in total. The average Bonchev–Trinajstić information content (AvgIpc) is 2.80. The molecule has 168 valence electrons. The maximum atomic E-state index is 11.5. The lowest BCUT2D eigenvalue weighted by Gasteiger charge is -2.38. The van der Waals surface area contributed by atoms with Gasteiger partial charge < -0.3 is 24.1 Å². The first-order valence-corrected chi connectivity index (χ1v) is 10.5. The number of carboxylic acids is 1. The number of carboxylic acid groups (broad SMARTS) is 1. The molecule has 7 nitrogen and oxygen atoms in total. The van der Waals surface area contributed by atoms with Gasteiger partial charge in [0.1, 0.15) is 11.5 Å². The van der Waals surface area contributed by atoms with E-state index >= 15 is 0 Å². The van der Waals surface area contributed by atoms with Crippen LogP contribution in [0.5, 0.6) is 23.0 Å². The molecule has 0 aromatic heterocycles. The van der Waals surface area contributed by atoms with Crippen molar-refractivity contribution in [1.82, 2.24) is 4.90 Å². The third-order valence-electron chi connectivity index (χ3n) is 5.79. The first kappa shape index (κ1) is 22.7. The molecule has 1 aliphatic rings. The van der Waals surface area contributed by atoms with Crippen LogP contribution in [0.4, 0.5) is 0 Å². The van der Waals surface area contributed by atoms with E-state index in [9.17, 15) is 9.90 Å². The summed E-state index contributed by atoms with van der Waals surface area (Å²) in [5.41, 5.74) is 1.91. The minimum Gasteiger partial charge on any atom is -0.496 e. The van der Waals surface area contributed by atoms with E-state index in [0.29, 0.717) is 44.0 Å². The third-order valence-corrected chi connectivity index (χ3v) is 5.79. The average molecular weight is 430 g/mol. The van der Waals surface area contributed by atoms with Gasteiger partial charge in [0.15, 0.2) is 11.5 Å². The summed E-state index contributed by atoms with van der Waals surface area (Å²) in [5.74, 6) is 1.73. The molecule has 1 fully saturated rings. The normalized spacial score (nSPS) is 15.9. The summed E-state index contributed by atoms with van der Waals surface area (Å²) >= 11 is 0. The first-order valence-electron chi connectivity index (χ1n) is 10.5. The number of nitrogens with zero attached hydrogens (tertiary/aromatic N) is 1. The van der Waals surface area contributed by atoms with Gasteiger partial charge >= 0.3 is 5.97 Å². The molecule has 7 heteroatoms. The number of hydrogen-bond donors (Lipinski definition) is 1. The largest absolute Gasteiger partial charge is 0.496 e. The molecule has 2 aromatic rings. The molecular weight excluding hydrogens is 398 g/mol. The second-order valence-corrected chi connectivity index (χ2v) is 7.47. The van der Waals surface area contributed by atoms with Crippen molar-refractivity contribution in [3.63, 3.8) is 0 Å². The van der Waals surface area contributed by atoms with Crippen LogP contribution in [0, 0.1) is 5.92 Å². The maximum Gasteiger partial charge on any atom is 0.306 e. The number of carbonyl (C=O) groups is 1. The molecule has 3 rings (SSSR count). The van der Waals surface area contributed by atoms with E-state index in [0.717, 1.165) is 22.6 Å². The zero-order valence-electron chi connectivity index (χ0n) is 18.6. The predicted molar refractivity (Wildman–Crippen MR) is 117 cm³/mol. The lowest BCUT2D eigenvalue weighted by atomic mass is 9.90. The SMILES string of the molecule is CCOc1ccc(C(c2c(OC)cccc2OC)N2CCC(C(=O)O)CC2)cc1OC. The minimum atomic E-state index is -0.728. The van der Waals surface area contributed by atoms with Crippen LogP contribution in [-0.2, 0) is 4.79 Å². The zero-order valence-corrected chi connectivity index (χ0v) is 18.6. The number of likely N-dealkylation sites (tertiary alicyclic amines) is 1. The molecular formula is C24H31NO6. The molecule has 0 spiro atoms. The van der Waals surface area contributed by atoms with Crippen molar-refractivity contribution in [3.8, 4) is 23.0 Å². The number of benzene rings is 2. The van der Waals surface area contributed by atoms with Crippen LogP contribution >= 0.6 is 0 Å². The molecule has 0 amide bonds. The van der Waals surface area contributed by atoms with E-state index < -0.39 is 5.97 Å². The van der Waals surface area contributed by atoms with Crippen molar-refractivity contribution >= 4 is 5.97 Å². The van der Waals surface area contributed by atoms with Crippen LogP contribution in [0.15, 0.2) is 36.4 Å². The van der Waals surface area contributed by atoms with Crippen LogP contribution in [0.3, 0.4) is 0 Å². The second-order valence-electron chi connectivity index (χ2n) is 7.47. The molecule has 1 saturated heterocycles. The first-order chi connectivity index (χ1) is 15.0. The summed E-state index contributed by atoms with van der Waals surface area (Å²) in [6.07, 6.45) is 1.19. The van der Waals surface area contributed by atoms with Crippen molar-refractivity contribution in [3.05, 3.63) is 47.5 Å². The third kappa shape index (κ3) is 4.88. The van der Waals surface area contributed by atoms with Crippen molar-refractivity contribution < 1.29 is 28.8 Å². The molecule has 1 unspecified atom stereocenters. The Morgan fingerprint density at radius 2 is 1.61 bits per heavy atom. The van der Waals surface area contributed by atoms with Gasteiger partial charge in [0.2, 0.25) is 0 Å². The highest BCUT2D eigenvalue weighted by molar-refractivity contribution is 5.70. The second kappa shape index (κ2) is 10.4. The predicted octanol–water partition coefficient (Wildman–Crippen LogP) is 4.00. The Hall–Kier alpha value is -2.93. The van der Waals surface area contributed by atoms with E-state index in [2.05, 4.69) is 4.90 Å². The molecule has 31 heavy (non-hydrogen) atoms. The highest BCUT2D eigenvalue weighted by Gasteiger charge is 2.33. The van der Waals surface area contributed by atoms with Crippen molar-refractivity contribution in [2.24, 2.45) is 5.92 Å². The fourth-order valence-electron chi connectivity index (χ4n) is 4.24. The summed E-state index contributed by atoms with van der Waals surface area (Å²) < 4.78 is 22.7. The Labute approximate surface area is 183 Å². The fraction of sp³-hybridized carbons (Fsp3) is 0.458. The summed E-state index contributed by atoms with van der Waals surface area (Å²) in [7, 11) is 4.91. The van der Waals surface area contributed by atoms with Gasteiger partial charge in [0.25, 0.3) is 0 Å². The topological polar surface area (TPSA) is 77.5 Å². The number of piperidine rings is 1. The Kier molecular flexibility index (Phi) is 7.63. The summed E-state index contributed by atoms with van der Waals surface area (Å²) in [5, 5.41) is 9.42. The van der Waals surface area contributed by atoms with Crippen LogP contribution in [0.25, 0.3) is 0 Å². The monoisotopic (exact) mass is 429 g/mol. The van der Waals surface area contributed by atoms with Gasteiger partial charge in [-0.15, -0.1) is 0 Å². The number of aliphatic carboxylic acids is 1. The lowest BCUT2D eigenvalue weighted by molar-refractivity contribution is -0.143. The van der Waals surface area contributed by atoms with Gasteiger partial charge in [-0.25, -0.2) is 0 Å². The van der Waals surface area contributed by atoms with E-state index in [-0.39, 0.29) is 12.0 Å². The quantitative estimate of drug-likeness (QED) is 0.646. The van der Waals surface area contributed by atoms with Crippen LogP contribution in [0.1, 0.15) is 36.9 Å². The Morgan fingerprint density at radius 3 is 2.13 bits per heavy atom. The van der Waals surface area contributed by atoms with E-state index in [1.807, 2.05) is 43.3 Å². The number of hydrogen-bond acceptors (Lipinski definition) is 6. The number of ether oxygens (including phenoxy) is 4. The van der Waals surface area contributed by atoms with Gasteiger partial charge in [-0.2, -0.15) is 0 Å². The van der Waals surface area contributed by atoms with Gasteiger partial charge in [0.05, 0.1) is 45.5 Å². The lowest BCUT2D eigenvalue weighted by Crippen LogP contribution is -2.39. The van der Waals surface area contributed by atoms with Gasteiger partial charge in [-0.1, -0.05) is 12.1 Å². The van der Waals surface area contributed by atoms with E-state index in [1.165, 1.54) is 0 Å². The minimum absolute atomic E-state index is 0.189. The van der Waals surface area contributed by atoms with Crippen molar-refractivity contribution in [1.29, 1.82) is 0 Å². The van der Waals surface area contributed by atoms with Gasteiger partial charge in [-0.3, -0.25) is 9.69 Å². The molecule has 2 aromatic carbocycles. The molecule has 1 atom stereocenters. The Balaban J connectivity index is 2.10. The Morgan fingerprint density at radius 1 is 1.00 bits per heavy atom. The summed E-state index contributed by atoms with van der Waals surface area (Å²) in [4.78, 5) is 13.8. The van der Waals surface area contributed by atoms with Crippen LogP contribution in [-0.4, -0.2) is 57.0 Å². The summed E-state index contributed by atoms with van der Waals surface area (Å²) in [6, 6.07) is 11.5. The van der Waals surface area contributed by atoms with Crippen LogP contribution < -0.4 is 18.9 Å². The highest BCUT2D eigenvalue weighted by Crippen LogP contribution is 2.44. The van der Waals surface area contributed by atoms with Crippen molar-refractivity contribution in [2.45, 2.75) is 25.8 Å². The smallest absolute Gasteiger partial charge is 0.306 e. The van der Waals surface area contributed by atoms with Gasteiger partial charge in [0, 0.05) is 0 Å². The molecule has 0 bridgehead atoms. The van der Waals surface area contributed by atoms with E-state index in [1.54, 1.807) is 21.3 Å². The highest BCUT2D eigenvalue weighted by atomic mass is 16.5. The number of rotatable bonds is 9. The van der Waals surface area contributed by atoms with Gasteiger partial charge in [-0.05, 0) is 62.7 Å². The molecule has 1 aliphatic heterocycles. The van der Waals surface area contributed by atoms with Crippen molar-refractivity contribution in [2.75, 3.05) is 41.0 Å². The molecule has 0 aliphatic carbocycles. The molecule has 1 heterocycles. The molecule has 0 saturated carbocycles. The standard InChI is InChI=1S/C24H31NO6/c1-5-31-18-10-9-17(15-21(18)30-4)23(25-13-11-16(12-14-25)24(26)27)22-19(28-2)7-6-8-20(22)29-3/h6-10,15-16,23H,5,11-14H2,1-4H3,(H,26,27). The summed E-state index contributed by atoms with van der Waals surface area (Å²) in [6.45, 7) is 3.78. The van der Waals surface area contributed by atoms with Crippen LogP contribution in [0.2, 0.25) is 0 Å². The fourth-order valence-corrected chi connectivity index (χ4v) is 4.24. The van der Waals surface area contributed by atoms with E-state index in [4.69, 9.17) is 18.9 Å².